The zero-order chi connectivity index (χ0) is 10.1. The summed E-state index contributed by atoms with van der Waals surface area (Å²) < 4.78 is 37.2. The summed E-state index contributed by atoms with van der Waals surface area (Å²) in [7, 11) is 0. The van der Waals surface area contributed by atoms with Crippen molar-refractivity contribution < 1.29 is 13.2 Å². The Bertz CT molecular complexity index is 316. The molecule has 0 bridgehead atoms. The van der Waals surface area contributed by atoms with Crippen molar-refractivity contribution in [1.29, 1.82) is 0 Å². The molecule has 0 aromatic heterocycles. The van der Waals surface area contributed by atoms with Crippen LogP contribution in [0.25, 0.3) is 0 Å². The Morgan fingerprint density at radius 2 is 1.86 bits per heavy atom. The van der Waals surface area contributed by atoms with Crippen LogP contribution in [0, 0.1) is 0 Å². The molecule has 0 aliphatic rings. The molecule has 14 heavy (non-hydrogen) atoms. The number of benzene rings is 1. The summed E-state index contributed by atoms with van der Waals surface area (Å²) in [5, 5.41) is 0. The van der Waals surface area contributed by atoms with Crippen molar-refractivity contribution in [3.05, 3.63) is 28.2 Å². The molecule has 80 valence electrons. The van der Waals surface area contributed by atoms with E-state index in [4.69, 9.17) is 5.84 Å². The Hall–Kier alpha value is -0.460. The number of hydrazine groups is 1. The maximum Gasteiger partial charge on any atom is 0.418 e. The van der Waals surface area contributed by atoms with Crippen LogP contribution < -0.4 is 11.3 Å². The highest BCUT2D eigenvalue weighted by atomic mass is 79.9. The van der Waals surface area contributed by atoms with Gasteiger partial charge >= 0.3 is 6.18 Å². The van der Waals surface area contributed by atoms with Gasteiger partial charge in [-0.2, -0.15) is 13.2 Å². The van der Waals surface area contributed by atoms with E-state index in [2.05, 4.69) is 15.9 Å². The van der Waals surface area contributed by atoms with Gasteiger partial charge in [-0.3, -0.25) is 5.84 Å². The molecule has 7 heteroatoms. The van der Waals surface area contributed by atoms with Crippen molar-refractivity contribution >= 4 is 34.0 Å². The van der Waals surface area contributed by atoms with E-state index >= 15 is 0 Å². The minimum absolute atomic E-state index is 0. The van der Waals surface area contributed by atoms with Gasteiger partial charge in [0, 0.05) is 4.47 Å². The average molecular weight is 291 g/mol. The summed E-state index contributed by atoms with van der Waals surface area (Å²) in [5.41, 5.74) is 1.06. The summed E-state index contributed by atoms with van der Waals surface area (Å²) in [6.45, 7) is 0. The number of nitrogens with two attached hydrogens (primary N) is 1. The van der Waals surface area contributed by atoms with Crippen LogP contribution in [-0.4, -0.2) is 0 Å². The van der Waals surface area contributed by atoms with Crippen molar-refractivity contribution in [3.8, 4) is 0 Å². The third kappa shape index (κ3) is 2.76. The predicted molar refractivity (Wildman–Crippen MR) is 54.2 cm³/mol. The Balaban J connectivity index is 0.00000169. The van der Waals surface area contributed by atoms with E-state index in [1.807, 2.05) is 5.43 Å². The van der Waals surface area contributed by atoms with E-state index in [0.29, 0.717) is 0 Å². The van der Waals surface area contributed by atoms with Gasteiger partial charge in [0.15, 0.2) is 0 Å². The largest absolute Gasteiger partial charge is 0.418 e. The number of hydrogen-bond donors (Lipinski definition) is 2. The zero-order valence-electron chi connectivity index (χ0n) is 6.73. The molecule has 0 aliphatic heterocycles. The minimum Gasteiger partial charge on any atom is -0.322 e. The SMILES string of the molecule is Cl.NNc1c(Br)cccc1C(F)(F)F. The maximum atomic E-state index is 12.3. The molecule has 0 spiro atoms. The molecule has 1 rings (SSSR count). The molecule has 2 nitrogen and oxygen atoms in total. The van der Waals surface area contributed by atoms with E-state index in [0.717, 1.165) is 6.07 Å². The fourth-order valence-corrected chi connectivity index (χ4v) is 1.39. The van der Waals surface area contributed by atoms with Crippen LogP contribution in [0.2, 0.25) is 0 Å². The number of nitrogens with one attached hydrogen (secondary N) is 1. The Morgan fingerprint density at radius 1 is 1.29 bits per heavy atom. The molecule has 0 saturated carbocycles. The highest BCUT2D eigenvalue weighted by Crippen LogP contribution is 2.37. The fourth-order valence-electron chi connectivity index (χ4n) is 0.907. The highest BCUT2D eigenvalue weighted by Gasteiger charge is 2.33. The van der Waals surface area contributed by atoms with Gasteiger partial charge in [0.05, 0.1) is 11.3 Å². The van der Waals surface area contributed by atoms with Crippen LogP contribution in [0.15, 0.2) is 22.7 Å². The third-order valence-electron chi connectivity index (χ3n) is 1.46. The van der Waals surface area contributed by atoms with E-state index in [9.17, 15) is 13.2 Å². The molecule has 0 fully saturated rings. The average Bonchev–Trinajstić information content (AvgIpc) is 2.02. The van der Waals surface area contributed by atoms with Gasteiger partial charge in [-0.1, -0.05) is 6.07 Å². The summed E-state index contributed by atoms with van der Waals surface area (Å²) >= 11 is 2.96. The summed E-state index contributed by atoms with van der Waals surface area (Å²) in [5.74, 6) is 4.97. The van der Waals surface area contributed by atoms with Gasteiger partial charge in [0.25, 0.3) is 0 Å². The van der Waals surface area contributed by atoms with Gasteiger partial charge in [0.2, 0.25) is 0 Å². The molecule has 1 aromatic carbocycles. The second-order valence-electron chi connectivity index (χ2n) is 2.30. The topological polar surface area (TPSA) is 38.0 Å². The molecule has 3 N–H and O–H groups in total. The summed E-state index contributed by atoms with van der Waals surface area (Å²) in [4.78, 5) is 0. The number of para-hydroxylation sites is 1. The third-order valence-corrected chi connectivity index (χ3v) is 2.12. The van der Waals surface area contributed by atoms with Crippen LogP contribution >= 0.6 is 28.3 Å². The first-order valence-electron chi connectivity index (χ1n) is 3.29. The first kappa shape index (κ1) is 13.5. The number of halogens is 5. The van der Waals surface area contributed by atoms with Gasteiger partial charge in [-0.15, -0.1) is 12.4 Å². The van der Waals surface area contributed by atoms with Crippen LogP contribution in [0.3, 0.4) is 0 Å². The second kappa shape index (κ2) is 4.86. The zero-order valence-corrected chi connectivity index (χ0v) is 9.13. The number of alkyl halides is 3. The van der Waals surface area contributed by atoms with E-state index < -0.39 is 11.7 Å². The lowest BCUT2D eigenvalue weighted by Gasteiger charge is -2.13. The first-order valence-corrected chi connectivity index (χ1v) is 4.08. The van der Waals surface area contributed by atoms with Crippen molar-refractivity contribution in [3.63, 3.8) is 0 Å². The van der Waals surface area contributed by atoms with Crippen molar-refractivity contribution in [2.45, 2.75) is 6.18 Å². The normalized spacial score (nSPS) is 10.6. The standard InChI is InChI=1S/C7H6BrF3N2.ClH/c8-5-3-1-2-4(6(5)13-12)7(9,10)11;/h1-3,13H,12H2;1H. The predicted octanol–water partition coefficient (Wildman–Crippen LogP) is 3.18. The quantitative estimate of drug-likeness (QED) is 0.616. The molecule has 0 saturated heterocycles. The van der Waals surface area contributed by atoms with Crippen molar-refractivity contribution in [2.24, 2.45) is 5.84 Å². The molecular formula is C7H7BrClF3N2. The van der Waals surface area contributed by atoms with Gasteiger partial charge < -0.3 is 5.43 Å². The van der Waals surface area contributed by atoms with E-state index in [1.165, 1.54) is 12.1 Å². The molecule has 0 amide bonds. The van der Waals surface area contributed by atoms with Crippen molar-refractivity contribution in [1.82, 2.24) is 0 Å². The van der Waals surface area contributed by atoms with Crippen LogP contribution in [-0.2, 0) is 6.18 Å². The monoisotopic (exact) mass is 290 g/mol. The first-order chi connectivity index (χ1) is 5.96. The minimum atomic E-state index is -4.40. The van der Waals surface area contributed by atoms with Crippen LogP contribution in [0.1, 0.15) is 5.56 Å². The molecule has 0 heterocycles. The molecule has 1 aromatic rings. The Labute approximate surface area is 93.2 Å². The molecule has 0 aliphatic carbocycles. The van der Waals surface area contributed by atoms with Crippen molar-refractivity contribution in [2.75, 3.05) is 5.43 Å². The second-order valence-corrected chi connectivity index (χ2v) is 3.16. The summed E-state index contributed by atoms with van der Waals surface area (Å²) in [6, 6.07) is 3.73. The number of nitrogen functional groups attached to an aromatic ring is 1. The number of hydrogen-bond acceptors (Lipinski definition) is 2. The lowest BCUT2D eigenvalue weighted by Crippen LogP contribution is -2.15. The highest BCUT2D eigenvalue weighted by molar-refractivity contribution is 9.10. The van der Waals surface area contributed by atoms with Crippen LogP contribution in [0.4, 0.5) is 18.9 Å². The smallest absolute Gasteiger partial charge is 0.322 e. The lowest BCUT2D eigenvalue weighted by molar-refractivity contribution is -0.137. The fraction of sp³-hybridized carbons (Fsp3) is 0.143. The molecule has 0 unspecified atom stereocenters. The van der Waals surface area contributed by atoms with Gasteiger partial charge in [-0.05, 0) is 28.1 Å². The Kier molecular flexibility index (Phi) is 4.70. The van der Waals surface area contributed by atoms with Crippen LogP contribution in [0.5, 0.6) is 0 Å². The maximum absolute atomic E-state index is 12.3. The van der Waals surface area contributed by atoms with Gasteiger partial charge in [0.1, 0.15) is 0 Å². The number of rotatable bonds is 1. The Morgan fingerprint density at radius 3 is 2.21 bits per heavy atom. The van der Waals surface area contributed by atoms with E-state index in [1.54, 1.807) is 0 Å². The summed E-state index contributed by atoms with van der Waals surface area (Å²) in [6.07, 6.45) is -4.40. The molecule has 0 radical (unpaired) electrons. The lowest BCUT2D eigenvalue weighted by atomic mass is 10.2. The molecule has 0 atom stereocenters. The molecular weight excluding hydrogens is 284 g/mol. The van der Waals surface area contributed by atoms with E-state index in [-0.39, 0.29) is 22.6 Å². The van der Waals surface area contributed by atoms with Gasteiger partial charge in [-0.25, -0.2) is 0 Å². The number of anilines is 1.